The first kappa shape index (κ1) is 11.9. The molecule has 0 unspecified atom stereocenters. The first-order valence-electron chi connectivity index (χ1n) is 6.00. The van der Waals surface area contributed by atoms with Gasteiger partial charge in [0.25, 0.3) is 0 Å². The first-order chi connectivity index (χ1) is 7.75. The Hall–Kier alpha value is -0.540. The predicted molar refractivity (Wildman–Crippen MR) is 72.2 cm³/mol. The zero-order valence-electron chi connectivity index (χ0n) is 9.51. The molecule has 0 bridgehead atoms. The number of hydrogen-bond donors (Lipinski definition) is 2. The Kier molecular flexibility index (Phi) is 4.24. The van der Waals surface area contributed by atoms with Gasteiger partial charge in [0, 0.05) is 16.7 Å². The molecule has 1 aromatic carbocycles. The highest BCUT2D eigenvalue weighted by Gasteiger charge is 2.19. The predicted octanol–water partition coefficient (Wildman–Crippen LogP) is 3.31. The summed E-state index contributed by atoms with van der Waals surface area (Å²) in [6.45, 7) is 2.01. The van der Waals surface area contributed by atoms with Crippen LogP contribution in [-0.2, 0) is 6.54 Å². The highest BCUT2D eigenvalue weighted by molar-refractivity contribution is 9.10. The normalized spacial score (nSPS) is 15.3. The molecule has 3 N–H and O–H groups in total. The molecule has 88 valence electrons. The van der Waals surface area contributed by atoms with Crippen molar-refractivity contribution in [3.63, 3.8) is 0 Å². The Morgan fingerprint density at radius 1 is 1.38 bits per heavy atom. The van der Waals surface area contributed by atoms with Crippen molar-refractivity contribution < 1.29 is 0 Å². The van der Waals surface area contributed by atoms with Crippen LogP contribution in [-0.4, -0.2) is 6.54 Å². The third kappa shape index (κ3) is 3.80. The molecule has 0 radical (unpaired) electrons. The number of rotatable bonds is 6. The lowest BCUT2D eigenvalue weighted by Gasteiger charge is -2.07. The zero-order valence-corrected chi connectivity index (χ0v) is 11.1. The molecule has 2 rings (SSSR count). The van der Waals surface area contributed by atoms with Crippen LogP contribution >= 0.6 is 15.9 Å². The van der Waals surface area contributed by atoms with Gasteiger partial charge in [-0.1, -0.05) is 28.8 Å². The van der Waals surface area contributed by atoms with E-state index in [4.69, 9.17) is 5.73 Å². The number of nitrogen functional groups attached to an aromatic ring is 1. The van der Waals surface area contributed by atoms with Crippen molar-refractivity contribution in [2.45, 2.75) is 32.2 Å². The van der Waals surface area contributed by atoms with Crippen LogP contribution in [0, 0.1) is 5.92 Å². The van der Waals surface area contributed by atoms with E-state index in [0.29, 0.717) is 0 Å². The lowest BCUT2D eigenvalue weighted by Crippen LogP contribution is -2.15. The molecule has 0 aliphatic heterocycles. The summed E-state index contributed by atoms with van der Waals surface area (Å²) in [6, 6.07) is 5.95. The molecule has 0 saturated heterocycles. The third-order valence-corrected chi connectivity index (χ3v) is 3.82. The fraction of sp³-hybridized carbons (Fsp3) is 0.538. The second kappa shape index (κ2) is 5.69. The van der Waals surface area contributed by atoms with Crippen LogP contribution in [0.5, 0.6) is 0 Å². The van der Waals surface area contributed by atoms with Gasteiger partial charge in [-0.25, -0.2) is 0 Å². The van der Waals surface area contributed by atoms with Crippen molar-refractivity contribution in [2.24, 2.45) is 5.92 Å². The summed E-state index contributed by atoms with van der Waals surface area (Å²) >= 11 is 3.54. The Morgan fingerprint density at radius 2 is 2.19 bits per heavy atom. The summed E-state index contributed by atoms with van der Waals surface area (Å²) in [4.78, 5) is 0. The van der Waals surface area contributed by atoms with Gasteiger partial charge in [0.05, 0.1) is 0 Å². The van der Waals surface area contributed by atoms with Gasteiger partial charge in [-0.15, -0.1) is 0 Å². The van der Waals surface area contributed by atoms with E-state index in [-0.39, 0.29) is 0 Å². The summed E-state index contributed by atoms with van der Waals surface area (Å²) in [6.07, 6.45) is 5.61. The molecule has 1 aromatic rings. The van der Waals surface area contributed by atoms with Crippen molar-refractivity contribution >= 4 is 21.6 Å². The van der Waals surface area contributed by atoms with Crippen LogP contribution in [0.15, 0.2) is 22.7 Å². The quantitative estimate of drug-likeness (QED) is 0.621. The van der Waals surface area contributed by atoms with Gasteiger partial charge in [-0.2, -0.15) is 0 Å². The smallest absolute Gasteiger partial charge is 0.0318 e. The van der Waals surface area contributed by atoms with Gasteiger partial charge in [-0.3, -0.25) is 0 Å². The monoisotopic (exact) mass is 282 g/mol. The van der Waals surface area contributed by atoms with Crippen LogP contribution in [0.4, 0.5) is 5.69 Å². The minimum atomic E-state index is 0.831. The van der Waals surface area contributed by atoms with Gasteiger partial charge < -0.3 is 11.1 Å². The highest BCUT2D eigenvalue weighted by Crippen LogP contribution is 2.33. The van der Waals surface area contributed by atoms with Gasteiger partial charge in [0.1, 0.15) is 0 Å². The molecular formula is C13H19BrN2. The van der Waals surface area contributed by atoms with Crippen LogP contribution in [0.2, 0.25) is 0 Å². The van der Waals surface area contributed by atoms with E-state index in [0.717, 1.165) is 29.2 Å². The maximum Gasteiger partial charge on any atom is 0.0318 e. The fourth-order valence-corrected chi connectivity index (χ4v) is 2.26. The Labute approximate surface area is 106 Å². The van der Waals surface area contributed by atoms with E-state index in [1.807, 2.05) is 18.2 Å². The summed E-state index contributed by atoms with van der Waals surface area (Å²) < 4.78 is 1.14. The minimum absolute atomic E-state index is 0.831. The average Bonchev–Trinajstić information content (AvgIpc) is 3.06. The number of nitrogens with two attached hydrogens (primary N) is 1. The molecule has 0 spiro atoms. The first-order valence-corrected chi connectivity index (χ1v) is 6.79. The SMILES string of the molecule is Nc1ccc(Br)c(CNCCCC2CC2)c1. The highest BCUT2D eigenvalue weighted by atomic mass is 79.9. The van der Waals surface area contributed by atoms with Crippen molar-refractivity contribution in [1.82, 2.24) is 5.32 Å². The number of benzene rings is 1. The molecule has 3 heteroatoms. The largest absolute Gasteiger partial charge is 0.399 e. The third-order valence-electron chi connectivity index (χ3n) is 3.05. The Balaban J connectivity index is 1.69. The number of halogens is 1. The molecule has 1 aliphatic rings. The summed E-state index contributed by atoms with van der Waals surface area (Å²) in [5.74, 6) is 1.04. The van der Waals surface area contributed by atoms with E-state index in [1.165, 1.54) is 31.2 Å². The second-order valence-corrected chi connectivity index (χ2v) is 5.47. The van der Waals surface area contributed by atoms with Gasteiger partial charge >= 0.3 is 0 Å². The van der Waals surface area contributed by atoms with Crippen molar-refractivity contribution in [3.8, 4) is 0 Å². The second-order valence-electron chi connectivity index (χ2n) is 4.61. The summed E-state index contributed by atoms with van der Waals surface area (Å²) in [7, 11) is 0. The molecule has 1 saturated carbocycles. The Bertz CT molecular complexity index is 348. The van der Waals surface area contributed by atoms with Crippen LogP contribution < -0.4 is 11.1 Å². The van der Waals surface area contributed by atoms with E-state index >= 15 is 0 Å². The van der Waals surface area contributed by atoms with E-state index < -0.39 is 0 Å². The maximum atomic E-state index is 5.76. The van der Waals surface area contributed by atoms with E-state index in [2.05, 4.69) is 21.2 Å². The number of nitrogens with one attached hydrogen (secondary N) is 1. The van der Waals surface area contributed by atoms with Crippen molar-refractivity contribution in [2.75, 3.05) is 12.3 Å². The molecule has 1 aliphatic carbocycles. The number of anilines is 1. The minimum Gasteiger partial charge on any atom is -0.399 e. The van der Waals surface area contributed by atoms with Crippen LogP contribution in [0.3, 0.4) is 0 Å². The van der Waals surface area contributed by atoms with Crippen LogP contribution in [0.1, 0.15) is 31.2 Å². The topological polar surface area (TPSA) is 38.0 Å². The lowest BCUT2D eigenvalue weighted by atomic mass is 10.2. The van der Waals surface area contributed by atoms with E-state index in [9.17, 15) is 0 Å². The van der Waals surface area contributed by atoms with Gasteiger partial charge in [0.2, 0.25) is 0 Å². The number of hydrogen-bond acceptors (Lipinski definition) is 2. The molecule has 1 fully saturated rings. The van der Waals surface area contributed by atoms with Crippen molar-refractivity contribution in [3.05, 3.63) is 28.2 Å². The van der Waals surface area contributed by atoms with E-state index in [1.54, 1.807) is 0 Å². The molecule has 16 heavy (non-hydrogen) atoms. The van der Waals surface area contributed by atoms with Crippen LogP contribution in [0.25, 0.3) is 0 Å². The summed E-state index contributed by atoms with van der Waals surface area (Å²) in [5.41, 5.74) is 7.83. The molecule has 0 heterocycles. The van der Waals surface area contributed by atoms with Gasteiger partial charge in [-0.05, 0) is 49.1 Å². The standard InChI is InChI=1S/C13H19BrN2/c14-13-6-5-12(15)8-11(13)9-16-7-1-2-10-3-4-10/h5-6,8,10,16H,1-4,7,9,15H2. The van der Waals surface area contributed by atoms with Crippen molar-refractivity contribution in [1.29, 1.82) is 0 Å². The molecule has 2 nitrogen and oxygen atoms in total. The molecule has 0 amide bonds. The average molecular weight is 283 g/mol. The molecular weight excluding hydrogens is 264 g/mol. The lowest BCUT2D eigenvalue weighted by molar-refractivity contribution is 0.593. The zero-order chi connectivity index (χ0) is 11.4. The summed E-state index contributed by atoms with van der Waals surface area (Å²) in [5, 5.41) is 3.47. The maximum absolute atomic E-state index is 5.76. The Morgan fingerprint density at radius 3 is 2.94 bits per heavy atom. The molecule has 0 aromatic heterocycles. The fourth-order valence-electron chi connectivity index (χ4n) is 1.88. The molecule has 0 atom stereocenters. The van der Waals surface area contributed by atoms with Gasteiger partial charge in [0.15, 0.2) is 0 Å².